The quantitative estimate of drug-likeness (QED) is 0.411. The molecule has 2 aromatic rings. The van der Waals surface area contributed by atoms with Crippen LogP contribution >= 0.6 is 0 Å². The molecular weight excluding hydrogens is 512 g/mol. The highest BCUT2D eigenvalue weighted by Crippen LogP contribution is 2.26. The van der Waals surface area contributed by atoms with Crippen LogP contribution in [0, 0.1) is 23.2 Å². The standard InChI is InChI=1S/C18H15N5O3.C11H13NO2/c1-20-16(18(25)22-11-24)6-5-15-17(26-2)8-7-14(23-15)12-3-4-13(9-19)21-10-12;1-12-7-8-3-4-9(14-2)5-6-10(8)11(12)13/h3-4,7-8,10-11,16,20H,1-2H3,(H,22,24,25);3-5H,6-7H2,1-2H3. The lowest BCUT2D eigenvalue weighted by molar-refractivity contribution is -0.126. The van der Waals surface area contributed by atoms with Crippen LogP contribution in [0.2, 0.25) is 0 Å². The lowest BCUT2D eigenvalue weighted by Gasteiger charge is -2.08. The van der Waals surface area contributed by atoms with Gasteiger partial charge in [-0.1, -0.05) is 12.0 Å². The minimum atomic E-state index is -0.882. The first-order chi connectivity index (χ1) is 19.3. The Hall–Kier alpha value is -5.26. The van der Waals surface area contributed by atoms with Crippen LogP contribution in [0.4, 0.5) is 0 Å². The highest BCUT2D eigenvalue weighted by atomic mass is 16.5. The minimum Gasteiger partial charge on any atom is -0.497 e. The van der Waals surface area contributed by atoms with Gasteiger partial charge in [-0.15, -0.1) is 0 Å². The summed E-state index contributed by atoms with van der Waals surface area (Å²) in [7, 11) is 6.50. The number of nitriles is 1. The number of nitrogens with zero attached hydrogens (tertiary/aromatic N) is 4. The van der Waals surface area contributed by atoms with E-state index >= 15 is 0 Å². The third-order valence-corrected chi connectivity index (χ3v) is 5.93. The second-order valence-electron chi connectivity index (χ2n) is 8.42. The fourth-order valence-corrected chi connectivity index (χ4v) is 3.79. The summed E-state index contributed by atoms with van der Waals surface area (Å²) in [5.41, 5.74) is 3.94. The molecule has 1 aliphatic carbocycles. The van der Waals surface area contributed by atoms with Gasteiger partial charge in [0.25, 0.3) is 5.91 Å². The van der Waals surface area contributed by atoms with Gasteiger partial charge < -0.3 is 14.4 Å². The molecule has 0 bridgehead atoms. The normalized spacial score (nSPS) is 14.2. The van der Waals surface area contributed by atoms with E-state index in [1.165, 1.54) is 7.11 Å². The predicted octanol–water partition coefficient (Wildman–Crippen LogP) is 1.48. The van der Waals surface area contributed by atoms with Crippen molar-refractivity contribution in [2.75, 3.05) is 34.9 Å². The Balaban J connectivity index is 0.000000263. The first-order valence-corrected chi connectivity index (χ1v) is 12.1. The Morgan fingerprint density at radius 2 is 2.00 bits per heavy atom. The van der Waals surface area contributed by atoms with E-state index in [1.54, 1.807) is 49.5 Å². The number of hydrogen-bond donors (Lipinski definition) is 2. The molecule has 0 saturated heterocycles. The van der Waals surface area contributed by atoms with Crippen molar-refractivity contribution in [3.8, 4) is 34.9 Å². The zero-order valence-electron chi connectivity index (χ0n) is 22.5. The third kappa shape index (κ3) is 7.19. The molecule has 1 unspecified atom stereocenters. The molecule has 11 heteroatoms. The van der Waals surface area contributed by atoms with E-state index in [4.69, 9.17) is 14.7 Å². The molecule has 0 radical (unpaired) electrons. The molecule has 0 fully saturated rings. The molecule has 2 aromatic heterocycles. The maximum absolute atomic E-state index is 11.7. The summed E-state index contributed by atoms with van der Waals surface area (Å²) in [4.78, 5) is 43.9. The molecule has 204 valence electrons. The second-order valence-corrected chi connectivity index (χ2v) is 8.42. The molecule has 4 rings (SSSR count). The van der Waals surface area contributed by atoms with Gasteiger partial charge in [-0.2, -0.15) is 5.26 Å². The summed E-state index contributed by atoms with van der Waals surface area (Å²) < 4.78 is 10.4. The number of nitrogens with one attached hydrogen (secondary N) is 2. The average Bonchev–Trinajstić information content (AvgIpc) is 3.12. The summed E-state index contributed by atoms with van der Waals surface area (Å²) in [6, 6.07) is 7.82. The molecule has 2 N–H and O–H groups in total. The Morgan fingerprint density at radius 3 is 2.62 bits per heavy atom. The summed E-state index contributed by atoms with van der Waals surface area (Å²) in [5.74, 6) is 6.33. The number of allylic oxidation sites excluding steroid dienone is 2. The first kappa shape index (κ1) is 29.3. The van der Waals surface area contributed by atoms with Gasteiger partial charge in [0, 0.05) is 30.9 Å². The number of carbonyl (C=O) groups excluding carboxylic acids is 3. The van der Waals surface area contributed by atoms with E-state index in [0.29, 0.717) is 41.2 Å². The van der Waals surface area contributed by atoms with E-state index < -0.39 is 11.9 Å². The summed E-state index contributed by atoms with van der Waals surface area (Å²) in [6.45, 7) is 0.718. The zero-order valence-corrected chi connectivity index (χ0v) is 22.5. The Morgan fingerprint density at radius 1 is 1.20 bits per heavy atom. The van der Waals surface area contributed by atoms with E-state index in [-0.39, 0.29) is 5.91 Å². The first-order valence-electron chi connectivity index (χ1n) is 12.1. The maximum Gasteiger partial charge on any atom is 0.255 e. The topological polar surface area (TPSA) is 147 Å². The predicted molar refractivity (Wildman–Crippen MR) is 146 cm³/mol. The molecule has 3 amide bonds. The van der Waals surface area contributed by atoms with Gasteiger partial charge >= 0.3 is 0 Å². The third-order valence-electron chi connectivity index (χ3n) is 5.93. The number of aromatic nitrogens is 2. The number of methoxy groups -OCH3 is 2. The van der Waals surface area contributed by atoms with Crippen LogP contribution < -0.4 is 15.4 Å². The highest BCUT2D eigenvalue weighted by molar-refractivity contribution is 5.98. The second kappa shape index (κ2) is 14.0. The lowest BCUT2D eigenvalue weighted by atomic mass is 10.1. The van der Waals surface area contributed by atoms with Crippen molar-refractivity contribution in [1.82, 2.24) is 25.5 Å². The smallest absolute Gasteiger partial charge is 0.255 e. The largest absolute Gasteiger partial charge is 0.497 e. The lowest BCUT2D eigenvalue weighted by Crippen LogP contribution is -2.41. The fourth-order valence-electron chi connectivity index (χ4n) is 3.79. The number of amides is 3. The Bertz CT molecular complexity index is 1470. The van der Waals surface area contributed by atoms with Crippen LogP contribution in [0.25, 0.3) is 11.3 Å². The van der Waals surface area contributed by atoms with Crippen molar-refractivity contribution in [3.05, 3.63) is 77.0 Å². The van der Waals surface area contributed by atoms with Crippen LogP contribution in [-0.2, 0) is 19.1 Å². The summed E-state index contributed by atoms with van der Waals surface area (Å²) in [5, 5.41) is 13.6. The molecule has 1 aliphatic heterocycles. The molecule has 1 atom stereocenters. The number of carbonyl (C=O) groups is 3. The maximum atomic E-state index is 11.7. The van der Waals surface area contributed by atoms with Gasteiger partial charge in [0.15, 0.2) is 11.4 Å². The number of rotatable bonds is 6. The van der Waals surface area contributed by atoms with Gasteiger partial charge in [0.1, 0.15) is 23.6 Å². The molecule has 0 spiro atoms. The highest BCUT2D eigenvalue weighted by Gasteiger charge is 2.26. The van der Waals surface area contributed by atoms with Crippen molar-refractivity contribution in [2.24, 2.45) is 0 Å². The van der Waals surface area contributed by atoms with Crippen LogP contribution in [0.15, 0.2) is 65.6 Å². The van der Waals surface area contributed by atoms with E-state index in [1.807, 2.05) is 36.7 Å². The molecule has 2 aliphatic rings. The van der Waals surface area contributed by atoms with Gasteiger partial charge in [0.2, 0.25) is 12.3 Å². The monoisotopic (exact) mass is 540 g/mol. The number of imide groups is 1. The van der Waals surface area contributed by atoms with Crippen molar-refractivity contribution < 1.29 is 23.9 Å². The minimum absolute atomic E-state index is 0.137. The van der Waals surface area contributed by atoms with Crippen molar-refractivity contribution >= 4 is 18.2 Å². The Labute approximate surface area is 232 Å². The van der Waals surface area contributed by atoms with E-state index in [2.05, 4.69) is 27.1 Å². The van der Waals surface area contributed by atoms with Crippen LogP contribution in [-0.4, -0.2) is 74.0 Å². The van der Waals surface area contributed by atoms with E-state index in [0.717, 1.165) is 23.5 Å². The number of ether oxygens (including phenoxy) is 2. The van der Waals surface area contributed by atoms with Gasteiger partial charge in [0.05, 0.1) is 19.9 Å². The van der Waals surface area contributed by atoms with E-state index in [9.17, 15) is 14.4 Å². The van der Waals surface area contributed by atoms with Crippen molar-refractivity contribution in [2.45, 2.75) is 12.5 Å². The summed E-state index contributed by atoms with van der Waals surface area (Å²) >= 11 is 0. The number of hydrogen-bond acceptors (Lipinski definition) is 9. The Kier molecular flexibility index (Phi) is 10.3. The molecular formula is C29H28N6O5. The van der Waals surface area contributed by atoms with Crippen molar-refractivity contribution in [3.63, 3.8) is 0 Å². The van der Waals surface area contributed by atoms with Crippen LogP contribution in [0.1, 0.15) is 17.8 Å². The SMILES string of the molecule is CNC(C#Cc1nc(-c2ccc(C#N)nc2)ccc1OC)C(=O)NC=O.COC1=CCC2=C(C=C1)CN(C)C2=O. The van der Waals surface area contributed by atoms with Gasteiger partial charge in [-0.3, -0.25) is 25.0 Å². The van der Waals surface area contributed by atoms with Crippen molar-refractivity contribution in [1.29, 1.82) is 5.26 Å². The molecule has 0 saturated carbocycles. The zero-order chi connectivity index (χ0) is 29.1. The number of pyridine rings is 2. The molecule has 11 nitrogen and oxygen atoms in total. The van der Waals surface area contributed by atoms with Gasteiger partial charge in [-0.05, 0) is 61.4 Å². The van der Waals surface area contributed by atoms with Gasteiger partial charge in [-0.25, -0.2) is 9.97 Å². The average molecular weight is 541 g/mol. The molecule has 3 heterocycles. The summed E-state index contributed by atoms with van der Waals surface area (Å²) in [6.07, 6.45) is 8.34. The van der Waals surface area contributed by atoms with Crippen LogP contribution in [0.3, 0.4) is 0 Å². The fraction of sp³-hybridized carbons (Fsp3) is 0.241. The number of likely N-dealkylation sites (N-methyl/N-ethyl adjacent to an activating group) is 2. The van der Waals surface area contributed by atoms with Crippen LogP contribution in [0.5, 0.6) is 5.75 Å². The molecule has 40 heavy (non-hydrogen) atoms. The molecule has 0 aromatic carbocycles.